The van der Waals surface area contributed by atoms with Crippen molar-refractivity contribution < 1.29 is 9.53 Å². The van der Waals surface area contributed by atoms with Gasteiger partial charge in [-0.15, -0.1) is 5.10 Å². The van der Waals surface area contributed by atoms with Gasteiger partial charge in [0, 0.05) is 11.8 Å². The van der Waals surface area contributed by atoms with E-state index in [1.165, 1.54) is 6.07 Å². The summed E-state index contributed by atoms with van der Waals surface area (Å²) in [7, 11) is 0. The van der Waals surface area contributed by atoms with Gasteiger partial charge in [-0.1, -0.05) is 17.7 Å². The van der Waals surface area contributed by atoms with Gasteiger partial charge in [-0.25, -0.2) is 9.36 Å². The smallest absolute Gasteiger partial charge is 0.267 e. The Kier molecular flexibility index (Phi) is 5.88. The highest BCUT2D eigenvalue weighted by Crippen LogP contribution is 2.11. The van der Waals surface area contributed by atoms with Gasteiger partial charge in [0.2, 0.25) is 5.91 Å². The molecule has 3 aromatic rings. The largest absolute Gasteiger partial charge is 0.492 e. The second-order valence-electron chi connectivity index (χ2n) is 6.54. The number of nitrogens with one attached hydrogen (secondary N) is 1. The van der Waals surface area contributed by atoms with Gasteiger partial charge in [0.25, 0.3) is 5.56 Å². The van der Waals surface area contributed by atoms with Crippen molar-refractivity contribution in [1.82, 2.24) is 24.9 Å². The lowest BCUT2D eigenvalue weighted by Gasteiger charge is -2.10. The minimum atomic E-state index is -0.351. The first-order chi connectivity index (χ1) is 13.4. The Bertz CT molecular complexity index is 1020. The quantitative estimate of drug-likeness (QED) is 0.627. The predicted molar refractivity (Wildman–Crippen MR) is 105 cm³/mol. The van der Waals surface area contributed by atoms with E-state index in [2.05, 4.69) is 15.5 Å². The minimum Gasteiger partial charge on any atom is -0.492 e. The summed E-state index contributed by atoms with van der Waals surface area (Å²) in [6.45, 7) is 6.28. The fourth-order valence-corrected chi connectivity index (χ4v) is 2.71. The zero-order valence-corrected chi connectivity index (χ0v) is 16.2. The van der Waals surface area contributed by atoms with Crippen molar-refractivity contribution in [2.45, 2.75) is 27.3 Å². The molecule has 0 spiro atoms. The minimum absolute atomic E-state index is 0.170. The number of nitrogens with zero attached hydrogens (tertiary/aromatic N) is 4. The summed E-state index contributed by atoms with van der Waals surface area (Å²) in [6.07, 6.45) is 0. The van der Waals surface area contributed by atoms with Crippen molar-refractivity contribution in [2.24, 2.45) is 0 Å². The van der Waals surface area contributed by atoms with E-state index in [0.717, 1.165) is 27.4 Å². The number of aryl methyl sites for hydroxylation is 3. The molecule has 0 aliphatic rings. The first-order valence-corrected chi connectivity index (χ1v) is 9.00. The van der Waals surface area contributed by atoms with Crippen LogP contribution in [0.4, 0.5) is 0 Å². The van der Waals surface area contributed by atoms with Crippen molar-refractivity contribution >= 4 is 5.91 Å². The number of amides is 1. The lowest BCUT2D eigenvalue weighted by molar-refractivity contribution is -0.122. The van der Waals surface area contributed by atoms with E-state index in [-0.39, 0.29) is 18.0 Å². The van der Waals surface area contributed by atoms with E-state index in [1.807, 2.05) is 51.1 Å². The standard InChI is InChI=1S/C20H23N5O3/c1-14-4-6-17(7-5-14)28-11-10-21-19(26)13-24-20(27)9-8-18(23-24)25-16(3)12-15(2)22-25/h4-9,12H,10-11,13H2,1-3H3,(H,21,26). The van der Waals surface area contributed by atoms with Crippen LogP contribution < -0.4 is 15.6 Å². The first-order valence-electron chi connectivity index (χ1n) is 9.00. The van der Waals surface area contributed by atoms with Gasteiger partial charge in [-0.3, -0.25) is 9.59 Å². The Hall–Kier alpha value is -3.42. The summed E-state index contributed by atoms with van der Waals surface area (Å²) in [5.41, 5.74) is 2.55. The molecule has 0 saturated heterocycles. The molecule has 28 heavy (non-hydrogen) atoms. The van der Waals surface area contributed by atoms with Gasteiger partial charge < -0.3 is 10.1 Å². The van der Waals surface area contributed by atoms with E-state index in [9.17, 15) is 9.59 Å². The van der Waals surface area contributed by atoms with Crippen LogP contribution in [0.15, 0.2) is 47.3 Å². The highest BCUT2D eigenvalue weighted by molar-refractivity contribution is 5.75. The number of ether oxygens (including phenoxy) is 1. The lowest BCUT2D eigenvalue weighted by atomic mass is 10.2. The first kappa shape index (κ1) is 19.3. The molecule has 146 valence electrons. The van der Waals surface area contributed by atoms with Gasteiger partial charge in [-0.05, 0) is 45.0 Å². The summed E-state index contributed by atoms with van der Waals surface area (Å²) < 4.78 is 8.33. The number of aromatic nitrogens is 4. The second-order valence-corrected chi connectivity index (χ2v) is 6.54. The molecule has 0 fully saturated rings. The van der Waals surface area contributed by atoms with Gasteiger partial charge in [-0.2, -0.15) is 5.10 Å². The fourth-order valence-electron chi connectivity index (χ4n) is 2.71. The van der Waals surface area contributed by atoms with Crippen LogP contribution in [0.2, 0.25) is 0 Å². The fraction of sp³-hybridized carbons (Fsp3) is 0.300. The third kappa shape index (κ3) is 4.85. The third-order valence-corrected chi connectivity index (χ3v) is 4.09. The van der Waals surface area contributed by atoms with Crippen LogP contribution in [0.25, 0.3) is 5.82 Å². The van der Waals surface area contributed by atoms with Crippen LogP contribution in [0, 0.1) is 20.8 Å². The van der Waals surface area contributed by atoms with Gasteiger partial charge in [0.05, 0.1) is 12.2 Å². The molecule has 0 radical (unpaired) electrons. The second kappa shape index (κ2) is 8.51. The summed E-state index contributed by atoms with van der Waals surface area (Å²) in [5, 5.41) is 11.3. The van der Waals surface area contributed by atoms with Gasteiger partial charge in [0.1, 0.15) is 18.9 Å². The number of rotatable bonds is 7. The number of carbonyl (C=O) groups excluding carboxylic acids is 1. The highest BCUT2D eigenvalue weighted by atomic mass is 16.5. The maximum Gasteiger partial charge on any atom is 0.267 e. The molecule has 8 heteroatoms. The Balaban J connectivity index is 1.56. The summed E-state index contributed by atoms with van der Waals surface area (Å²) in [5.74, 6) is 0.920. The molecule has 0 atom stereocenters. The lowest BCUT2D eigenvalue weighted by Crippen LogP contribution is -2.35. The van der Waals surface area contributed by atoms with Gasteiger partial charge in [0.15, 0.2) is 5.82 Å². The molecule has 0 aliphatic heterocycles. The maximum atomic E-state index is 12.2. The van der Waals surface area contributed by atoms with E-state index in [0.29, 0.717) is 19.0 Å². The molecule has 1 amide bonds. The van der Waals surface area contributed by atoms with Crippen molar-refractivity contribution in [3.63, 3.8) is 0 Å². The van der Waals surface area contributed by atoms with E-state index < -0.39 is 0 Å². The van der Waals surface area contributed by atoms with Gasteiger partial charge >= 0.3 is 0 Å². The topological polar surface area (TPSA) is 91.0 Å². The molecular weight excluding hydrogens is 358 g/mol. The van der Waals surface area contributed by atoms with E-state index in [4.69, 9.17) is 4.74 Å². The molecule has 2 aromatic heterocycles. The SMILES string of the molecule is Cc1ccc(OCCNC(=O)Cn2nc(-n3nc(C)cc3C)ccc2=O)cc1. The van der Waals surface area contributed by atoms with Crippen LogP contribution in [0.3, 0.4) is 0 Å². The maximum absolute atomic E-state index is 12.2. The predicted octanol–water partition coefficient (Wildman–Crippen LogP) is 1.55. The molecule has 8 nitrogen and oxygen atoms in total. The summed E-state index contributed by atoms with van der Waals surface area (Å²) >= 11 is 0. The molecule has 1 N–H and O–H groups in total. The molecule has 0 saturated carbocycles. The molecule has 0 aliphatic carbocycles. The van der Waals surface area contributed by atoms with Crippen molar-refractivity contribution in [1.29, 1.82) is 0 Å². The molecule has 3 rings (SSSR count). The monoisotopic (exact) mass is 381 g/mol. The van der Waals surface area contributed by atoms with Crippen LogP contribution in [-0.4, -0.2) is 38.6 Å². The number of hydrogen-bond acceptors (Lipinski definition) is 5. The van der Waals surface area contributed by atoms with Crippen LogP contribution >= 0.6 is 0 Å². The van der Waals surface area contributed by atoms with E-state index in [1.54, 1.807) is 10.7 Å². The average molecular weight is 381 g/mol. The Labute approximate surface area is 162 Å². The normalized spacial score (nSPS) is 10.7. The third-order valence-electron chi connectivity index (χ3n) is 4.09. The summed E-state index contributed by atoms with van der Waals surface area (Å²) in [4.78, 5) is 24.2. The number of hydrogen-bond donors (Lipinski definition) is 1. The number of benzene rings is 1. The van der Waals surface area contributed by atoms with Crippen molar-refractivity contribution in [3.8, 4) is 11.6 Å². The number of carbonyl (C=O) groups is 1. The molecule has 1 aromatic carbocycles. The summed E-state index contributed by atoms with van der Waals surface area (Å²) in [6, 6.07) is 12.6. The zero-order chi connectivity index (χ0) is 20.1. The van der Waals surface area contributed by atoms with Crippen LogP contribution in [-0.2, 0) is 11.3 Å². The zero-order valence-electron chi connectivity index (χ0n) is 16.2. The Morgan fingerprint density at radius 1 is 1.07 bits per heavy atom. The molecule has 0 bridgehead atoms. The molecule has 2 heterocycles. The molecular formula is C20H23N5O3. The van der Waals surface area contributed by atoms with Crippen molar-refractivity contribution in [3.05, 3.63) is 69.8 Å². The average Bonchev–Trinajstić information content (AvgIpc) is 3.00. The molecule has 0 unspecified atom stereocenters. The Morgan fingerprint density at radius 2 is 1.82 bits per heavy atom. The Morgan fingerprint density at radius 3 is 2.50 bits per heavy atom. The highest BCUT2D eigenvalue weighted by Gasteiger charge is 2.10. The van der Waals surface area contributed by atoms with E-state index >= 15 is 0 Å². The van der Waals surface area contributed by atoms with Crippen molar-refractivity contribution in [2.75, 3.05) is 13.2 Å². The van der Waals surface area contributed by atoms with Crippen LogP contribution in [0.5, 0.6) is 5.75 Å². The van der Waals surface area contributed by atoms with Crippen LogP contribution in [0.1, 0.15) is 17.0 Å².